The van der Waals surface area contributed by atoms with E-state index in [1.807, 2.05) is 13.8 Å². The van der Waals surface area contributed by atoms with Crippen LogP contribution in [0, 0.1) is 5.92 Å². The van der Waals surface area contributed by atoms with E-state index in [1.54, 1.807) is 12.1 Å². The highest BCUT2D eigenvalue weighted by Crippen LogP contribution is 2.14. The van der Waals surface area contributed by atoms with Gasteiger partial charge in [0, 0.05) is 6.54 Å². The van der Waals surface area contributed by atoms with Gasteiger partial charge in [0.15, 0.2) is 0 Å². The molecule has 0 atom stereocenters. The van der Waals surface area contributed by atoms with E-state index >= 15 is 0 Å². The quantitative estimate of drug-likeness (QED) is 0.826. The first-order chi connectivity index (χ1) is 7.00. The van der Waals surface area contributed by atoms with Crippen LogP contribution in [0.25, 0.3) is 0 Å². The summed E-state index contributed by atoms with van der Waals surface area (Å²) >= 11 is 5.83. The molecule has 5 heteroatoms. The molecule has 4 nitrogen and oxygen atoms in total. The molecular weight excluding hydrogens is 214 g/mol. The van der Waals surface area contributed by atoms with Gasteiger partial charge in [-0.1, -0.05) is 25.4 Å². The summed E-state index contributed by atoms with van der Waals surface area (Å²) in [7, 11) is 0. The summed E-state index contributed by atoms with van der Waals surface area (Å²) in [6.07, 6.45) is 0. The van der Waals surface area contributed by atoms with Crippen molar-refractivity contribution in [3.05, 3.63) is 22.8 Å². The second-order valence-corrected chi connectivity index (χ2v) is 4.08. The number of hydrogen-bond donors (Lipinski definition) is 2. The summed E-state index contributed by atoms with van der Waals surface area (Å²) in [4.78, 5) is 15.5. The summed E-state index contributed by atoms with van der Waals surface area (Å²) in [5.74, 6) is 0.379. The first-order valence-electron chi connectivity index (χ1n) is 4.71. The van der Waals surface area contributed by atoms with Crippen molar-refractivity contribution >= 4 is 23.3 Å². The molecule has 0 spiro atoms. The van der Waals surface area contributed by atoms with Gasteiger partial charge in [0.25, 0.3) is 5.91 Å². The highest BCUT2D eigenvalue weighted by Gasteiger charge is 2.12. The first-order valence-corrected chi connectivity index (χ1v) is 5.08. The van der Waals surface area contributed by atoms with Gasteiger partial charge in [-0.15, -0.1) is 0 Å². The lowest BCUT2D eigenvalue weighted by atomic mass is 10.2. The van der Waals surface area contributed by atoms with Gasteiger partial charge in [-0.3, -0.25) is 4.79 Å². The number of nitrogen functional groups attached to an aromatic ring is 1. The van der Waals surface area contributed by atoms with Crippen molar-refractivity contribution in [2.75, 3.05) is 12.3 Å². The topological polar surface area (TPSA) is 68.0 Å². The number of pyridine rings is 1. The maximum absolute atomic E-state index is 11.6. The predicted octanol–water partition coefficient (Wildman–Crippen LogP) is 1.70. The summed E-state index contributed by atoms with van der Waals surface area (Å²) in [6.45, 7) is 4.61. The van der Waals surface area contributed by atoms with Crippen LogP contribution in [0.1, 0.15) is 24.3 Å². The van der Waals surface area contributed by atoms with E-state index in [1.165, 1.54) is 0 Å². The Morgan fingerprint density at radius 2 is 2.27 bits per heavy atom. The van der Waals surface area contributed by atoms with Gasteiger partial charge in [0.1, 0.15) is 11.5 Å². The van der Waals surface area contributed by atoms with Gasteiger partial charge in [-0.2, -0.15) is 0 Å². The Bertz CT molecular complexity index is 366. The van der Waals surface area contributed by atoms with Gasteiger partial charge in [-0.05, 0) is 18.1 Å². The molecule has 0 saturated heterocycles. The number of halogens is 1. The van der Waals surface area contributed by atoms with Gasteiger partial charge in [0.05, 0.1) is 5.02 Å². The number of hydrogen-bond acceptors (Lipinski definition) is 3. The van der Waals surface area contributed by atoms with E-state index in [0.717, 1.165) is 0 Å². The Morgan fingerprint density at radius 3 is 2.87 bits per heavy atom. The van der Waals surface area contributed by atoms with Crippen LogP contribution in [0.2, 0.25) is 5.02 Å². The summed E-state index contributed by atoms with van der Waals surface area (Å²) in [5.41, 5.74) is 5.65. The first kappa shape index (κ1) is 11.8. The monoisotopic (exact) mass is 227 g/mol. The van der Waals surface area contributed by atoms with Crippen molar-refractivity contribution in [2.24, 2.45) is 5.92 Å². The average Bonchev–Trinajstić information content (AvgIpc) is 2.18. The molecule has 0 fully saturated rings. The van der Waals surface area contributed by atoms with Crippen LogP contribution < -0.4 is 11.1 Å². The minimum Gasteiger partial charge on any atom is -0.384 e. The number of carbonyl (C=O) groups is 1. The van der Waals surface area contributed by atoms with Crippen LogP contribution in [0.3, 0.4) is 0 Å². The van der Waals surface area contributed by atoms with Crippen molar-refractivity contribution in [3.63, 3.8) is 0 Å². The molecule has 1 amide bonds. The highest BCUT2D eigenvalue weighted by molar-refractivity contribution is 6.33. The molecule has 0 aromatic carbocycles. The van der Waals surface area contributed by atoms with Gasteiger partial charge < -0.3 is 11.1 Å². The lowest BCUT2D eigenvalue weighted by Gasteiger charge is -2.08. The third kappa shape index (κ3) is 3.40. The molecule has 0 saturated carbocycles. The number of nitrogens with one attached hydrogen (secondary N) is 1. The molecule has 0 unspecified atom stereocenters. The largest absolute Gasteiger partial charge is 0.384 e. The molecule has 1 rings (SSSR count). The zero-order valence-corrected chi connectivity index (χ0v) is 9.51. The molecule has 0 aliphatic heterocycles. The van der Waals surface area contributed by atoms with E-state index in [0.29, 0.717) is 17.5 Å². The second-order valence-electron chi connectivity index (χ2n) is 3.67. The fraction of sp³-hybridized carbons (Fsp3) is 0.400. The predicted molar refractivity (Wildman–Crippen MR) is 60.8 cm³/mol. The molecule has 15 heavy (non-hydrogen) atoms. The number of anilines is 1. The van der Waals surface area contributed by atoms with Crippen molar-refractivity contribution in [1.82, 2.24) is 10.3 Å². The SMILES string of the molecule is CC(C)CNC(=O)c1nc(N)ccc1Cl. The van der Waals surface area contributed by atoms with Crippen LogP contribution in [0.15, 0.2) is 12.1 Å². The smallest absolute Gasteiger partial charge is 0.271 e. The third-order valence-electron chi connectivity index (χ3n) is 1.75. The third-order valence-corrected chi connectivity index (χ3v) is 2.06. The zero-order valence-electron chi connectivity index (χ0n) is 8.75. The summed E-state index contributed by atoms with van der Waals surface area (Å²) < 4.78 is 0. The van der Waals surface area contributed by atoms with E-state index in [9.17, 15) is 4.79 Å². The Hall–Kier alpha value is -1.29. The molecule has 3 N–H and O–H groups in total. The number of nitrogens with two attached hydrogens (primary N) is 1. The minimum absolute atomic E-state index is 0.178. The van der Waals surface area contributed by atoms with Crippen molar-refractivity contribution in [1.29, 1.82) is 0 Å². The molecule has 82 valence electrons. The molecular formula is C10H14ClN3O. The van der Waals surface area contributed by atoms with E-state index < -0.39 is 0 Å². The van der Waals surface area contributed by atoms with Crippen LogP contribution >= 0.6 is 11.6 Å². The highest BCUT2D eigenvalue weighted by atomic mass is 35.5. The number of carbonyl (C=O) groups excluding carboxylic acids is 1. The average molecular weight is 228 g/mol. The molecule has 0 aliphatic rings. The maximum atomic E-state index is 11.6. The normalized spacial score (nSPS) is 10.4. The van der Waals surface area contributed by atoms with Crippen LogP contribution in [-0.4, -0.2) is 17.4 Å². The maximum Gasteiger partial charge on any atom is 0.271 e. The van der Waals surface area contributed by atoms with Crippen LogP contribution in [-0.2, 0) is 0 Å². The Morgan fingerprint density at radius 1 is 1.60 bits per heavy atom. The Kier molecular flexibility index (Phi) is 3.91. The molecule has 0 aliphatic carbocycles. The van der Waals surface area contributed by atoms with Crippen LogP contribution in [0.4, 0.5) is 5.82 Å². The number of aromatic nitrogens is 1. The molecule has 0 radical (unpaired) electrons. The van der Waals surface area contributed by atoms with Gasteiger partial charge in [-0.25, -0.2) is 4.98 Å². The Labute approximate surface area is 93.8 Å². The molecule has 1 aromatic heterocycles. The fourth-order valence-corrected chi connectivity index (χ4v) is 1.19. The Balaban J connectivity index is 2.77. The van der Waals surface area contributed by atoms with Crippen LogP contribution in [0.5, 0.6) is 0 Å². The van der Waals surface area contributed by atoms with Gasteiger partial charge >= 0.3 is 0 Å². The second kappa shape index (κ2) is 4.98. The van der Waals surface area contributed by atoms with Crippen molar-refractivity contribution in [2.45, 2.75) is 13.8 Å². The van der Waals surface area contributed by atoms with Gasteiger partial charge in [0.2, 0.25) is 0 Å². The zero-order chi connectivity index (χ0) is 11.4. The summed E-state index contributed by atoms with van der Waals surface area (Å²) in [5, 5.41) is 3.04. The molecule has 1 heterocycles. The number of rotatable bonds is 3. The van der Waals surface area contributed by atoms with E-state index in [2.05, 4.69) is 10.3 Å². The fourth-order valence-electron chi connectivity index (χ4n) is 0.997. The van der Waals surface area contributed by atoms with Crippen molar-refractivity contribution in [3.8, 4) is 0 Å². The number of nitrogens with zero attached hydrogens (tertiary/aromatic N) is 1. The lowest BCUT2D eigenvalue weighted by Crippen LogP contribution is -2.28. The standard InChI is InChI=1S/C10H14ClN3O/c1-6(2)5-13-10(15)9-7(11)3-4-8(12)14-9/h3-4,6H,5H2,1-2H3,(H2,12,14)(H,13,15). The minimum atomic E-state index is -0.291. The lowest BCUT2D eigenvalue weighted by molar-refractivity contribution is 0.0944. The molecule has 0 bridgehead atoms. The molecule has 1 aromatic rings. The van der Waals surface area contributed by atoms with E-state index in [4.69, 9.17) is 17.3 Å². The summed E-state index contributed by atoms with van der Waals surface area (Å²) in [6, 6.07) is 3.12. The van der Waals surface area contributed by atoms with Crippen molar-refractivity contribution < 1.29 is 4.79 Å². The van der Waals surface area contributed by atoms with E-state index in [-0.39, 0.29) is 17.4 Å². The number of amides is 1.